The van der Waals surface area contributed by atoms with Gasteiger partial charge >= 0.3 is 0 Å². The Labute approximate surface area is 149 Å². The highest BCUT2D eigenvalue weighted by molar-refractivity contribution is 14.1. The Morgan fingerprint density at radius 2 is 1.70 bits per heavy atom. The largest absolute Gasteiger partial charge is 0.490 e. The van der Waals surface area contributed by atoms with Gasteiger partial charge in [0.1, 0.15) is 18.1 Å². The van der Waals surface area contributed by atoms with Gasteiger partial charge in [-0.3, -0.25) is 0 Å². The van der Waals surface area contributed by atoms with E-state index >= 15 is 0 Å². The molecule has 0 bridgehead atoms. The number of nitrogens with zero attached hydrogens (tertiary/aromatic N) is 1. The molecule has 0 spiro atoms. The average molecular weight is 421 g/mol. The average Bonchev–Trinajstić information content (AvgIpc) is 2.89. The van der Waals surface area contributed by atoms with Crippen molar-refractivity contribution in [2.75, 3.05) is 20.3 Å². The molecule has 0 heterocycles. The molecular weight excluding hydrogens is 405 g/mol. The molecule has 2 aromatic carbocycles. The van der Waals surface area contributed by atoms with Crippen LogP contribution in [0.25, 0.3) is 11.1 Å². The summed E-state index contributed by atoms with van der Waals surface area (Å²) in [4.78, 5) is 0. The highest BCUT2D eigenvalue weighted by Gasteiger charge is 2.25. The van der Waals surface area contributed by atoms with E-state index in [1.807, 2.05) is 36.4 Å². The molecule has 0 atom stereocenters. The molecule has 0 N–H and O–H groups in total. The van der Waals surface area contributed by atoms with E-state index < -0.39 is 0 Å². The summed E-state index contributed by atoms with van der Waals surface area (Å²) in [7, 11) is 1.67. The van der Waals surface area contributed by atoms with Crippen LogP contribution in [0.5, 0.6) is 5.75 Å². The molecule has 0 amide bonds. The number of hydrogen-bond donors (Lipinski definition) is 0. The zero-order valence-electron chi connectivity index (χ0n) is 12.7. The van der Waals surface area contributed by atoms with Crippen molar-refractivity contribution in [1.82, 2.24) is 0 Å². The highest BCUT2D eigenvalue weighted by Crippen LogP contribution is 2.38. The zero-order valence-corrected chi connectivity index (χ0v) is 14.8. The van der Waals surface area contributed by atoms with Crippen LogP contribution in [-0.2, 0) is 7.90 Å². The lowest BCUT2D eigenvalue weighted by Crippen LogP contribution is -2.00. The lowest BCUT2D eigenvalue weighted by molar-refractivity contribution is 0.233. The van der Waals surface area contributed by atoms with Crippen LogP contribution in [0.1, 0.15) is 11.1 Å². The minimum Gasteiger partial charge on any atom is -0.490 e. The number of fused-ring (bicyclic) bond motifs is 3. The monoisotopic (exact) mass is 421 g/mol. The van der Waals surface area contributed by atoms with Gasteiger partial charge in [-0.05, 0) is 35.4 Å². The molecule has 0 unspecified atom stereocenters. The molecule has 2 aromatic rings. The number of rotatable bonds is 6. The third kappa shape index (κ3) is 3.40. The van der Waals surface area contributed by atoms with E-state index in [9.17, 15) is 0 Å². The van der Waals surface area contributed by atoms with Crippen LogP contribution in [0.2, 0.25) is 0 Å². The first-order valence-corrected chi connectivity index (χ1v) is 8.10. The van der Waals surface area contributed by atoms with Crippen LogP contribution in [0, 0.1) is 0 Å². The van der Waals surface area contributed by atoms with Crippen molar-refractivity contribution < 1.29 is 12.6 Å². The highest BCUT2D eigenvalue weighted by atomic mass is 127. The Bertz CT molecular complexity index is 756. The van der Waals surface area contributed by atoms with Crippen molar-refractivity contribution in [1.29, 1.82) is 0 Å². The van der Waals surface area contributed by atoms with Gasteiger partial charge in [0.05, 0.1) is 6.61 Å². The van der Waals surface area contributed by atoms with Crippen molar-refractivity contribution in [2.24, 2.45) is 5.16 Å². The third-order valence-corrected chi connectivity index (χ3v) is 3.82. The zero-order chi connectivity index (χ0) is 16.1. The van der Waals surface area contributed by atoms with Crippen molar-refractivity contribution in [3.8, 4) is 16.9 Å². The Kier molecular flexibility index (Phi) is 5.30. The van der Waals surface area contributed by atoms with Gasteiger partial charge in [-0.15, -0.1) is 0 Å². The normalized spacial score (nSPS) is 14.1. The fourth-order valence-corrected chi connectivity index (χ4v) is 2.82. The standard InChI is InChI=1S/C18H16INO3/c1-21-10-4-5-11-22-13-8-9-15-14-6-2-3-7-16(14)18(20-23-19)17(15)12-13/h2-9,12H,10-11H2,1H3/b5-4+,20-18+. The third-order valence-electron chi connectivity index (χ3n) is 3.62. The summed E-state index contributed by atoms with van der Waals surface area (Å²) in [6.07, 6.45) is 3.87. The molecule has 118 valence electrons. The number of hydrogen-bond acceptors (Lipinski definition) is 4. The maximum atomic E-state index is 5.76. The van der Waals surface area contributed by atoms with E-state index in [0.717, 1.165) is 28.2 Å². The Morgan fingerprint density at radius 3 is 2.48 bits per heavy atom. The van der Waals surface area contributed by atoms with E-state index in [1.165, 1.54) is 5.56 Å². The van der Waals surface area contributed by atoms with Gasteiger partial charge in [-0.2, -0.15) is 0 Å². The predicted octanol–water partition coefficient (Wildman–Crippen LogP) is 4.37. The summed E-state index contributed by atoms with van der Waals surface area (Å²) in [5, 5.41) is 4.19. The quantitative estimate of drug-likeness (QED) is 0.337. The first-order chi connectivity index (χ1) is 11.3. The number of methoxy groups -OCH3 is 1. The van der Waals surface area contributed by atoms with E-state index in [-0.39, 0.29) is 0 Å². The minimum absolute atomic E-state index is 0.504. The van der Waals surface area contributed by atoms with E-state index in [0.29, 0.717) is 13.2 Å². The second kappa shape index (κ2) is 7.61. The predicted molar refractivity (Wildman–Crippen MR) is 99.1 cm³/mol. The van der Waals surface area contributed by atoms with E-state index in [1.54, 1.807) is 30.1 Å². The Morgan fingerprint density at radius 1 is 0.957 bits per heavy atom. The summed E-state index contributed by atoms with van der Waals surface area (Å²) in [6.45, 7) is 1.09. The molecule has 1 aliphatic carbocycles. The molecule has 3 rings (SSSR count). The lowest BCUT2D eigenvalue weighted by Gasteiger charge is -2.06. The van der Waals surface area contributed by atoms with E-state index in [4.69, 9.17) is 12.6 Å². The van der Waals surface area contributed by atoms with Crippen LogP contribution >= 0.6 is 23.0 Å². The summed E-state index contributed by atoms with van der Waals surface area (Å²) in [5.74, 6) is 0.805. The molecule has 0 aliphatic heterocycles. The summed E-state index contributed by atoms with van der Waals surface area (Å²) in [5.41, 5.74) is 5.26. The number of halogens is 1. The van der Waals surface area contributed by atoms with Crippen LogP contribution in [-0.4, -0.2) is 26.0 Å². The number of ether oxygens (including phenoxy) is 2. The van der Waals surface area contributed by atoms with Crippen LogP contribution in [0.3, 0.4) is 0 Å². The van der Waals surface area contributed by atoms with Gasteiger partial charge in [-0.1, -0.05) is 35.5 Å². The second-order valence-electron chi connectivity index (χ2n) is 5.00. The molecule has 5 heteroatoms. The lowest BCUT2D eigenvalue weighted by atomic mass is 10.1. The molecule has 0 saturated carbocycles. The fourth-order valence-electron chi connectivity index (χ4n) is 2.62. The topological polar surface area (TPSA) is 40.0 Å². The molecule has 0 saturated heterocycles. The molecule has 23 heavy (non-hydrogen) atoms. The molecule has 0 aromatic heterocycles. The maximum absolute atomic E-state index is 5.76. The smallest absolute Gasteiger partial charge is 0.230 e. The van der Waals surface area contributed by atoms with Crippen molar-refractivity contribution in [2.45, 2.75) is 0 Å². The van der Waals surface area contributed by atoms with Crippen LogP contribution in [0.15, 0.2) is 59.8 Å². The van der Waals surface area contributed by atoms with Crippen molar-refractivity contribution in [3.63, 3.8) is 0 Å². The molecule has 1 aliphatic rings. The van der Waals surface area contributed by atoms with Gasteiger partial charge in [0.25, 0.3) is 0 Å². The Hall–Kier alpha value is -1.86. The number of oxime groups is 1. The summed E-state index contributed by atoms with van der Waals surface area (Å²) in [6, 6.07) is 14.2. The van der Waals surface area contributed by atoms with Gasteiger partial charge in [0, 0.05) is 18.2 Å². The second-order valence-corrected chi connectivity index (χ2v) is 5.39. The van der Waals surface area contributed by atoms with Gasteiger partial charge < -0.3 is 12.6 Å². The Balaban J connectivity index is 1.87. The minimum atomic E-state index is 0.504. The van der Waals surface area contributed by atoms with Crippen LogP contribution < -0.4 is 4.74 Å². The van der Waals surface area contributed by atoms with Crippen molar-refractivity contribution >= 4 is 28.7 Å². The SMILES string of the molecule is COC/C=C/COc1ccc2c(c1)/C(=N/OI)c1ccccc1-2. The number of benzene rings is 2. The molecule has 4 nitrogen and oxygen atoms in total. The molecule has 0 radical (unpaired) electrons. The fraction of sp³-hybridized carbons (Fsp3) is 0.167. The molecule has 0 fully saturated rings. The van der Waals surface area contributed by atoms with Gasteiger partial charge in [0.2, 0.25) is 23.0 Å². The van der Waals surface area contributed by atoms with Gasteiger partial charge in [-0.25, -0.2) is 0 Å². The molecular formula is C18H16INO3. The maximum Gasteiger partial charge on any atom is 0.230 e. The first-order valence-electron chi connectivity index (χ1n) is 7.22. The van der Waals surface area contributed by atoms with Crippen molar-refractivity contribution in [3.05, 3.63) is 65.7 Å². The summed E-state index contributed by atoms with van der Waals surface area (Å²) < 4.78 is 15.7. The first kappa shape index (κ1) is 16.0. The van der Waals surface area contributed by atoms with Crippen LogP contribution in [0.4, 0.5) is 0 Å². The van der Waals surface area contributed by atoms with E-state index in [2.05, 4.69) is 23.4 Å². The van der Waals surface area contributed by atoms with Gasteiger partial charge in [0.15, 0.2) is 0 Å². The summed E-state index contributed by atoms with van der Waals surface area (Å²) >= 11 is 1.78.